The molecule has 0 spiro atoms. The fourth-order valence-electron chi connectivity index (χ4n) is 6.76. The average molecular weight is 486 g/mol. The summed E-state index contributed by atoms with van der Waals surface area (Å²) in [6.07, 6.45) is 0. The Labute approximate surface area is 214 Å². The standard InChI is InChI=1S/C32H23NO4/c1-32-27-24-13-7-5-11-22(24)26(23-12-6-8-14-25(23)27)28(32)29(34)33(31(32)36)20-15-17-21(18-16-20)37-30(35)19-9-3-2-4-10-19/h2-18,26-28H,1H3/t26?,27?,28-,32+/m1/s1. The number of rotatable bonds is 3. The van der Waals surface area contributed by atoms with Crippen molar-refractivity contribution in [3.63, 3.8) is 0 Å². The van der Waals surface area contributed by atoms with Gasteiger partial charge in [-0.1, -0.05) is 66.7 Å². The number of amides is 2. The van der Waals surface area contributed by atoms with Crippen molar-refractivity contribution in [2.24, 2.45) is 11.3 Å². The van der Waals surface area contributed by atoms with Gasteiger partial charge in [0, 0.05) is 11.8 Å². The maximum absolute atomic E-state index is 14.1. The summed E-state index contributed by atoms with van der Waals surface area (Å²) < 4.78 is 5.49. The molecule has 2 amide bonds. The second-order valence-corrected chi connectivity index (χ2v) is 10.2. The first-order valence-electron chi connectivity index (χ1n) is 12.4. The molecule has 4 aliphatic rings. The van der Waals surface area contributed by atoms with Crippen LogP contribution in [0.25, 0.3) is 0 Å². The van der Waals surface area contributed by atoms with Crippen molar-refractivity contribution in [2.45, 2.75) is 18.8 Å². The Bertz CT molecular complexity index is 1550. The number of hydrogen-bond donors (Lipinski definition) is 0. The monoisotopic (exact) mass is 485 g/mol. The molecule has 0 saturated carbocycles. The lowest BCUT2D eigenvalue weighted by atomic mass is 9.48. The largest absolute Gasteiger partial charge is 0.423 e. The van der Waals surface area contributed by atoms with Gasteiger partial charge in [0.25, 0.3) is 0 Å². The number of anilines is 1. The zero-order valence-corrected chi connectivity index (χ0v) is 20.1. The Morgan fingerprint density at radius 3 is 1.86 bits per heavy atom. The van der Waals surface area contributed by atoms with E-state index in [1.807, 2.05) is 37.3 Å². The minimum Gasteiger partial charge on any atom is -0.423 e. The molecule has 2 atom stereocenters. The number of imide groups is 1. The number of carbonyl (C=O) groups is 3. The molecule has 180 valence electrons. The molecule has 0 N–H and O–H groups in total. The van der Waals surface area contributed by atoms with Crippen molar-refractivity contribution >= 4 is 23.5 Å². The van der Waals surface area contributed by atoms with E-state index in [1.54, 1.807) is 48.5 Å². The molecule has 0 aromatic heterocycles. The van der Waals surface area contributed by atoms with Gasteiger partial charge in [-0.2, -0.15) is 0 Å². The van der Waals surface area contributed by atoms with Gasteiger partial charge >= 0.3 is 5.97 Å². The lowest BCUT2D eigenvalue weighted by molar-refractivity contribution is -0.128. The summed E-state index contributed by atoms with van der Waals surface area (Å²) in [5, 5.41) is 0. The first-order valence-corrected chi connectivity index (χ1v) is 12.4. The van der Waals surface area contributed by atoms with Crippen molar-refractivity contribution in [3.8, 4) is 5.75 Å². The van der Waals surface area contributed by atoms with E-state index in [-0.39, 0.29) is 23.7 Å². The quantitative estimate of drug-likeness (QED) is 0.212. The number of nitrogens with zero attached hydrogens (tertiary/aromatic N) is 1. The number of ether oxygens (including phenoxy) is 1. The third-order valence-corrected chi connectivity index (χ3v) is 8.33. The number of benzene rings is 4. The Hall–Kier alpha value is -4.51. The van der Waals surface area contributed by atoms with Gasteiger partial charge in [-0.3, -0.25) is 9.59 Å². The highest BCUT2D eigenvalue weighted by molar-refractivity contribution is 6.25. The summed E-state index contributed by atoms with van der Waals surface area (Å²) in [6.45, 7) is 1.96. The van der Waals surface area contributed by atoms with Gasteiger partial charge in [0.1, 0.15) is 5.75 Å². The van der Waals surface area contributed by atoms with E-state index >= 15 is 0 Å². The fourth-order valence-corrected chi connectivity index (χ4v) is 6.76. The molecule has 0 unspecified atom stereocenters. The van der Waals surface area contributed by atoms with Crippen LogP contribution in [-0.4, -0.2) is 17.8 Å². The molecule has 4 aromatic carbocycles. The first kappa shape index (κ1) is 21.7. The Morgan fingerprint density at radius 1 is 0.730 bits per heavy atom. The van der Waals surface area contributed by atoms with E-state index in [2.05, 4.69) is 24.3 Å². The van der Waals surface area contributed by atoms with Gasteiger partial charge < -0.3 is 4.74 Å². The molecule has 1 heterocycles. The Morgan fingerprint density at radius 2 is 1.27 bits per heavy atom. The molecule has 4 aromatic rings. The molecule has 1 fully saturated rings. The SMILES string of the molecule is C[C@@]12C(=O)N(c3ccc(OC(=O)c4ccccc4)cc3)C(=O)[C@H]1C1c3ccccc3C2c2ccccc21. The molecule has 2 bridgehead atoms. The highest BCUT2D eigenvalue weighted by Crippen LogP contribution is 2.67. The second-order valence-electron chi connectivity index (χ2n) is 10.2. The van der Waals surface area contributed by atoms with Crippen LogP contribution >= 0.6 is 0 Å². The molecule has 3 aliphatic carbocycles. The minimum absolute atomic E-state index is 0.171. The van der Waals surface area contributed by atoms with Gasteiger partial charge in [0.15, 0.2) is 0 Å². The molecule has 1 aliphatic heterocycles. The highest BCUT2D eigenvalue weighted by atomic mass is 16.5. The van der Waals surface area contributed by atoms with Crippen molar-refractivity contribution in [1.29, 1.82) is 0 Å². The number of hydrogen-bond acceptors (Lipinski definition) is 4. The van der Waals surface area contributed by atoms with Crippen molar-refractivity contribution in [1.82, 2.24) is 0 Å². The summed E-state index contributed by atoms with van der Waals surface area (Å²) >= 11 is 0. The zero-order valence-electron chi connectivity index (χ0n) is 20.1. The van der Waals surface area contributed by atoms with Crippen LogP contribution in [-0.2, 0) is 9.59 Å². The van der Waals surface area contributed by atoms with Gasteiger partial charge in [0.05, 0.1) is 22.6 Å². The van der Waals surface area contributed by atoms with Gasteiger partial charge in [-0.25, -0.2) is 9.69 Å². The van der Waals surface area contributed by atoms with Gasteiger partial charge in [-0.15, -0.1) is 0 Å². The fraction of sp³-hybridized carbons (Fsp3) is 0.156. The van der Waals surface area contributed by atoms with Crippen LogP contribution in [0.3, 0.4) is 0 Å². The maximum Gasteiger partial charge on any atom is 0.343 e. The van der Waals surface area contributed by atoms with Gasteiger partial charge in [0.2, 0.25) is 11.8 Å². The van der Waals surface area contributed by atoms with E-state index in [0.29, 0.717) is 17.0 Å². The Balaban J connectivity index is 1.26. The third-order valence-electron chi connectivity index (χ3n) is 8.33. The number of esters is 1. The smallest absolute Gasteiger partial charge is 0.343 e. The zero-order chi connectivity index (χ0) is 25.3. The van der Waals surface area contributed by atoms with E-state index in [4.69, 9.17) is 4.74 Å². The average Bonchev–Trinajstić information content (AvgIpc) is 3.15. The molecular weight excluding hydrogens is 462 g/mol. The first-order chi connectivity index (χ1) is 18.0. The van der Waals surface area contributed by atoms with Crippen LogP contribution in [0.4, 0.5) is 5.69 Å². The normalized spacial score (nSPS) is 24.9. The maximum atomic E-state index is 14.1. The molecule has 0 radical (unpaired) electrons. The van der Waals surface area contributed by atoms with Crippen molar-refractivity contribution in [2.75, 3.05) is 4.90 Å². The molecule has 37 heavy (non-hydrogen) atoms. The van der Waals surface area contributed by atoms with Crippen LogP contribution in [0.1, 0.15) is 51.4 Å². The predicted octanol–water partition coefficient (Wildman–Crippen LogP) is 5.69. The third kappa shape index (κ3) is 2.88. The minimum atomic E-state index is -0.886. The number of carbonyl (C=O) groups excluding carboxylic acids is 3. The van der Waals surface area contributed by atoms with Gasteiger partial charge in [-0.05, 0) is 65.6 Å². The summed E-state index contributed by atoms with van der Waals surface area (Å²) in [5.41, 5.74) is 4.59. The molecule has 1 saturated heterocycles. The molecule has 8 rings (SSSR count). The van der Waals surface area contributed by atoms with E-state index < -0.39 is 17.3 Å². The lowest BCUT2D eigenvalue weighted by Crippen LogP contribution is -2.49. The topological polar surface area (TPSA) is 63.7 Å². The molecular formula is C32H23NO4. The van der Waals surface area contributed by atoms with Crippen LogP contribution < -0.4 is 9.64 Å². The molecule has 5 heteroatoms. The van der Waals surface area contributed by atoms with Crippen LogP contribution in [0, 0.1) is 11.3 Å². The van der Waals surface area contributed by atoms with Crippen LogP contribution in [0.15, 0.2) is 103 Å². The van der Waals surface area contributed by atoms with E-state index in [0.717, 1.165) is 22.3 Å². The summed E-state index contributed by atoms with van der Waals surface area (Å²) in [4.78, 5) is 41.9. The molecule has 5 nitrogen and oxygen atoms in total. The summed E-state index contributed by atoms with van der Waals surface area (Å²) in [5.74, 6) is -1.33. The van der Waals surface area contributed by atoms with Crippen LogP contribution in [0.2, 0.25) is 0 Å². The lowest BCUT2D eigenvalue weighted by Gasteiger charge is -2.51. The highest BCUT2D eigenvalue weighted by Gasteiger charge is 2.68. The Kier molecular flexibility index (Phi) is 4.55. The van der Waals surface area contributed by atoms with E-state index in [9.17, 15) is 14.4 Å². The summed E-state index contributed by atoms with van der Waals surface area (Å²) in [7, 11) is 0. The second kappa shape index (κ2) is 7.74. The van der Waals surface area contributed by atoms with Crippen molar-refractivity contribution < 1.29 is 19.1 Å². The van der Waals surface area contributed by atoms with E-state index in [1.165, 1.54) is 4.90 Å². The van der Waals surface area contributed by atoms with Crippen LogP contribution in [0.5, 0.6) is 5.75 Å². The van der Waals surface area contributed by atoms with Crippen molar-refractivity contribution in [3.05, 3.63) is 131 Å². The predicted molar refractivity (Wildman–Crippen MR) is 139 cm³/mol. The summed E-state index contributed by atoms with van der Waals surface area (Å²) in [6, 6.07) is 31.8.